The van der Waals surface area contributed by atoms with Gasteiger partial charge in [0.25, 0.3) is 0 Å². The lowest BCUT2D eigenvalue weighted by Crippen LogP contribution is -2.30. The van der Waals surface area contributed by atoms with Gasteiger partial charge >= 0.3 is 0 Å². The number of hydrogen-bond donors (Lipinski definition) is 1. The van der Waals surface area contributed by atoms with Crippen molar-refractivity contribution in [3.63, 3.8) is 0 Å². The van der Waals surface area contributed by atoms with Crippen molar-refractivity contribution in [3.8, 4) is 5.75 Å². The molecule has 0 radical (unpaired) electrons. The lowest BCUT2D eigenvalue weighted by Gasteiger charge is -2.31. The van der Waals surface area contributed by atoms with Crippen molar-refractivity contribution in [1.29, 1.82) is 0 Å². The van der Waals surface area contributed by atoms with Crippen molar-refractivity contribution in [3.05, 3.63) is 89.5 Å². The first-order valence-corrected chi connectivity index (χ1v) is 8.64. The van der Waals surface area contributed by atoms with Crippen molar-refractivity contribution in [2.45, 2.75) is 25.6 Å². The molecule has 0 fully saturated rings. The summed E-state index contributed by atoms with van der Waals surface area (Å²) in [5.41, 5.74) is 2.64. The second kappa shape index (κ2) is 6.73. The van der Waals surface area contributed by atoms with Gasteiger partial charge in [-0.15, -0.1) is 0 Å². The number of phenols is 1. The van der Waals surface area contributed by atoms with E-state index in [1.54, 1.807) is 12.1 Å². The molecule has 0 saturated heterocycles. The Hall–Kier alpha value is -2.59. The minimum absolute atomic E-state index is 0.168. The van der Waals surface area contributed by atoms with E-state index in [0.29, 0.717) is 12.1 Å². The van der Waals surface area contributed by atoms with Crippen LogP contribution in [0.5, 0.6) is 5.75 Å². The van der Waals surface area contributed by atoms with Gasteiger partial charge in [-0.05, 0) is 30.7 Å². The molecule has 0 aliphatic carbocycles. The monoisotopic (exact) mass is 336 g/mol. The van der Waals surface area contributed by atoms with Crippen LogP contribution in [0.4, 0.5) is 4.39 Å². The summed E-state index contributed by atoms with van der Waals surface area (Å²) >= 11 is 0. The largest absolute Gasteiger partial charge is 0.508 e. The van der Waals surface area contributed by atoms with Crippen LogP contribution in [-0.4, -0.2) is 21.1 Å². The Kier molecular flexibility index (Phi) is 4.28. The normalized spacial score (nSPS) is 17.9. The first-order valence-electron chi connectivity index (χ1n) is 8.64. The van der Waals surface area contributed by atoms with E-state index in [2.05, 4.69) is 21.7 Å². The molecule has 2 aromatic carbocycles. The predicted octanol–water partition coefficient (Wildman–Crippen LogP) is 4.33. The highest BCUT2D eigenvalue weighted by Gasteiger charge is 2.29. The third-order valence-corrected chi connectivity index (χ3v) is 4.92. The van der Waals surface area contributed by atoms with Gasteiger partial charge in [-0.2, -0.15) is 0 Å². The van der Waals surface area contributed by atoms with Gasteiger partial charge in [-0.25, -0.2) is 4.39 Å². The fourth-order valence-electron chi connectivity index (χ4n) is 3.73. The Labute approximate surface area is 147 Å². The molecule has 128 valence electrons. The minimum atomic E-state index is -0.190. The lowest BCUT2D eigenvalue weighted by molar-refractivity contribution is 0.214. The first kappa shape index (κ1) is 15.9. The predicted molar refractivity (Wildman–Crippen MR) is 95.8 cm³/mol. The molecule has 1 atom stereocenters. The van der Waals surface area contributed by atoms with Crippen LogP contribution >= 0.6 is 0 Å². The summed E-state index contributed by atoms with van der Waals surface area (Å²) in [5, 5.41) is 10.2. The maximum atomic E-state index is 14.6. The summed E-state index contributed by atoms with van der Waals surface area (Å²) < 4.78 is 16.8. The van der Waals surface area contributed by atoms with Crippen molar-refractivity contribution >= 4 is 0 Å². The SMILES string of the molecule is Oc1ccccc1CN1CCCn2cccc2C1c1ccccc1F. The zero-order valence-electron chi connectivity index (χ0n) is 14.0. The molecule has 1 N–H and O–H groups in total. The smallest absolute Gasteiger partial charge is 0.128 e. The molecule has 1 aromatic heterocycles. The van der Waals surface area contributed by atoms with Crippen molar-refractivity contribution in [2.24, 2.45) is 0 Å². The van der Waals surface area contributed by atoms with E-state index < -0.39 is 0 Å². The van der Waals surface area contributed by atoms with Crippen LogP contribution < -0.4 is 0 Å². The molecule has 0 bridgehead atoms. The number of aromatic nitrogens is 1. The van der Waals surface area contributed by atoms with Gasteiger partial charge < -0.3 is 9.67 Å². The van der Waals surface area contributed by atoms with Gasteiger partial charge in [0.2, 0.25) is 0 Å². The highest BCUT2D eigenvalue weighted by atomic mass is 19.1. The second-order valence-corrected chi connectivity index (χ2v) is 6.50. The number of phenolic OH excluding ortho intramolecular Hbond substituents is 1. The maximum Gasteiger partial charge on any atom is 0.128 e. The van der Waals surface area contributed by atoms with Gasteiger partial charge in [0, 0.05) is 42.7 Å². The molecule has 1 aliphatic heterocycles. The number of aryl methyl sites for hydroxylation is 1. The number of benzene rings is 2. The van der Waals surface area contributed by atoms with Crippen molar-refractivity contribution in [2.75, 3.05) is 6.54 Å². The van der Waals surface area contributed by atoms with Crippen LogP contribution in [-0.2, 0) is 13.1 Å². The standard InChI is InChI=1S/C21H21FN2O/c22-18-9-3-2-8-17(18)21-19-10-5-12-23(19)13-6-14-24(21)15-16-7-1-4-11-20(16)25/h1-5,7-12,21,25H,6,13-15H2. The number of hydrogen-bond acceptors (Lipinski definition) is 2. The summed E-state index contributed by atoms with van der Waals surface area (Å²) in [6, 6.07) is 18.3. The second-order valence-electron chi connectivity index (χ2n) is 6.50. The highest BCUT2D eigenvalue weighted by Crippen LogP contribution is 2.35. The van der Waals surface area contributed by atoms with Crippen molar-refractivity contribution < 1.29 is 9.50 Å². The number of rotatable bonds is 3. The Bertz CT molecular complexity index is 874. The Balaban J connectivity index is 1.78. The van der Waals surface area contributed by atoms with Gasteiger partial charge in [0.15, 0.2) is 0 Å². The molecule has 0 amide bonds. The third kappa shape index (κ3) is 3.05. The molecule has 25 heavy (non-hydrogen) atoms. The molecule has 2 heterocycles. The van der Waals surface area contributed by atoms with Crippen molar-refractivity contribution in [1.82, 2.24) is 9.47 Å². The van der Waals surface area contributed by atoms with E-state index in [0.717, 1.165) is 30.8 Å². The lowest BCUT2D eigenvalue weighted by atomic mass is 10.0. The molecule has 3 aromatic rings. The van der Waals surface area contributed by atoms with Gasteiger partial charge in [-0.1, -0.05) is 36.4 Å². The summed E-state index contributed by atoms with van der Waals surface area (Å²) in [6.45, 7) is 2.34. The third-order valence-electron chi connectivity index (χ3n) is 4.92. The maximum absolute atomic E-state index is 14.6. The number of para-hydroxylation sites is 1. The van der Waals surface area contributed by atoms with E-state index in [1.165, 1.54) is 6.07 Å². The Morgan fingerprint density at radius 3 is 2.60 bits per heavy atom. The zero-order chi connectivity index (χ0) is 17.2. The molecule has 3 nitrogen and oxygen atoms in total. The number of halogens is 1. The van der Waals surface area contributed by atoms with Crippen LogP contribution in [0.3, 0.4) is 0 Å². The summed E-state index contributed by atoms with van der Waals surface area (Å²) in [7, 11) is 0. The fraction of sp³-hybridized carbons (Fsp3) is 0.238. The molecule has 4 heteroatoms. The molecule has 0 spiro atoms. The summed E-state index contributed by atoms with van der Waals surface area (Å²) in [5.74, 6) is 0.0962. The number of fused-ring (bicyclic) bond motifs is 1. The Morgan fingerprint density at radius 2 is 1.76 bits per heavy atom. The van der Waals surface area contributed by atoms with Crippen LogP contribution in [0.25, 0.3) is 0 Å². The highest BCUT2D eigenvalue weighted by molar-refractivity contribution is 5.34. The number of aromatic hydroxyl groups is 1. The molecule has 4 rings (SSSR count). The quantitative estimate of drug-likeness (QED) is 0.771. The van der Waals surface area contributed by atoms with Crippen LogP contribution in [0.2, 0.25) is 0 Å². The molecular formula is C21H21FN2O. The average molecular weight is 336 g/mol. The van der Waals surface area contributed by atoms with E-state index in [9.17, 15) is 9.50 Å². The topological polar surface area (TPSA) is 28.4 Å². The van der Waals surface area contributed by atoms with E-state index in [4.69, 9.17) is 0 Å². The average Bonchev–Trinajstić information content (AvgIpc) is 3.00. The van der Waals surface area contributed by atoms with Crippen LogP contribution in [0.15, 0.2) is 66.9 Å². The van der Waals surface area contributed by atoms with E-state index >= 15 is 0 Å². The van der Waals surface area contributed by atoms with Gasteiger partial charge in [0.1, 0.15) is 11.6 Å². The summed E-state index contributed by atoms with van der Waals surface area (Å²) in [4.78, 5) is 2.26. The summed E-state index contributed by atoms with van der Waals surface area (Å²) in [6.07, 6.45) is 3.05. The fourth-order valence-corrected chi connectivity index (χ4v) is 3.73. The van der Waals surface area contributed by atoms with Gasteiger partial charge in [0.05, 0.1) is 6.04 Å². The Morgan fingerprint density at radius 1 is 0.960 bits per heavy atom. The van der Waals surface area contributed by atoms with Gasteiger partial charge in [-0.3, -0.25) is 4.90 Å². The van der Waals surface area contributed by atoms with Crippen LogP contribution in [0, 0.1) is 5.82 Å². The molecule has 0 saturated carbocycles. The van der Waals surface area contributed by atoms with Crippen LogP contribution in [0.1, 0.15) is 29.3 Å². The zero-order valence-corrected chi connectivity index (χ0v) is 14.0. The molecule has 1 unspecified atom stereocenters. The molecule has 1 aliphatic rings. The molecular weight excluding hydrogens is 315 g/mol. The number of nitrogens with zero attached hydrogens (tertiary/aromatic N) is 2. The van der Waals surface area contributed by atoms with E-state index in [1.807, 2.05) is 36.4 Å². The van der Waals surface area contributed by atoms with E-state index in [-0.39, 0.29) is 17.6 Å². The first-order chi connectivity index (χ1) is 12.2. The minimum Gasteiger partial charge on any atom is -0.508 e.